The van der Waals surface area contributed by atoms with E-state index in [2.05, 4.69) is 0 Å². The highest BCUT2D eigenvalue weighted by Crippen LogP contribution is 2.10. The molecule has 0 saturated carbocycles. The van der Waals surface area contributed by atoms with E-state index in [0.29, 0.717) is 0 Å². The molecule has 0 aliphatic carbocycles. The Hall–Kier alpha value is -2.57. The van der Waals surface area contributed by atoms with Gasteiger partial charge in [-0.15, -0.1) is 0 Å². The van der Waals surface area contributed by atoms with Gasteiger partial charge in [-0.05, 0) is 25.1 Å². The van der Waals surface area contributed by atoms with Crippen molar-refractivity contribution in [2.24, 2.45) is 7.05 Å². The summed E-state index contributed by atoms with van der Waals surface area (Å²) in [6.45, 7) is 0.908. The van der Waals surface area contributed by atoms with Crippen LogP contribution in [0.15, 0.2) is 34.0 Å². The molecule has 110 valence electrons. The van der Waals surface area contributed by atoms with Gasteiger partial charge in [0.2, 0.25) is 0 Å². The van der Waals surface area contributed by atoms with Crippen LogP contribution in [0, 0.1) is 11.6 Å². The zero-order chi connectivity index (χ0) is 15.7. The molecule has 0 bridgehead atoms. The van der Waals surface area contributed by atoms with Gasteiger partial charge in [-0.2, -0.15) is 0 Å². The molecule has 0 saturated heterocycles. The molecule has 0 aliphatic heterocycles. The third kappa shape index (κ3) is 2.81. The van der Waals surface area contributed by atoms with Crippen molar-refractivity contribution in [3.63, 3.8) is 0 Å². The highest BCUT2D eigenvalue weighted by Gasteiger charge is 2.13. The Morgan fingerprint density at radius 1 is 1.24 bits per heavy atom. The molecular weight excluding hydrogens is 282 g/mol. The predicted molar refractivity (Wildman–Crippen MR) is 71.4 cm³/mol. The largest absolute Gasteiger partial charge is 0.331 e. The summed E-state index contributed by atoms with van der Waals surface area (Å²) in [6, 6.07) is 2.87. The van der Waals surface area contributed by atoms with Crippen LogP contribution in [0.2, 0.25) is 0 Å². The minimum atomic E-state index is -0.719. The van der Waals surface area contributed by atoms with Crippen molar-refractivity contribution >= 4 is 5.78 Å². The van der Waals surface area contributed by atoms with Crippen molar-refractivity contribution in [1.29, 1.82) is 0 Å². The first-order chi connectivity index (χ1) is 9.81. The second kappa shape index (κ2) is 5.43. The van der Waals surface area contributed by atoms with E-state index in [9.17, 15) is 23.2 Å². The number of Topliss-reactive ketones (excluding diaryl/α,β-unsaturated/α-hetero) is 1. The molecule has 1 heterocycles. The average molecular weight is 294 g/mol. The minimum Gasteiger partial charge on any atom is -0.295 e. The Morgan fingerprint density at radius 2 is 1.90 bits per heavy atom. The number of halogens is 2. The average Bonchev–Trinajstić information content (AvgIpc) is 2.43. The second-order valence-electron chi connectivity index (χ2n) is 4.61. The second-order valence-corrected chi connectivity index (χ2v) is 4.61. The standard InChI is InChI=1S/C14H12F2N2O3/c1-8(19)11-7-18(14(21)17(2)13(11)20)6-9-5-10(15)3-4-12(9)16/h3-5,7H,6H2,1-2H3. The van der Waals surface area contributed by atoms with Crippen molar-refractivity contribution in [2.75, 3.05) is 0 Å². The lowest BCUT2D eigenvalue weighted by Gasteiger charge is -2.10. The fraction of sp³-hybridized carbons (Fsp3) is 0.214. The van der Waals surface area contributed by atoms with E-state index in [1.54, 1.807) is 0 Å². The predicted octanol–water partition coefficient (Wildman–Crippen LogP) is 1.08. The zero-order valence-electron chi connectivity index (χ0n) is 11.4. The maximum Gasteiger partial charge on any atom is 0.331 e. The first kappa shape index (κ1) is 14.8. The lowest BCUT2D eigenvalue weighted by atomic mass is 10.2. The van der Waals surface area contributed by atoms with Gasteiger partial charge in [0.05, 0.1) is 12.1 Å². The normalized spacial score (nSPS) is 10.7. The summed E-state index contributed by atoms with van der Waals surface area (Å²) in [5, 5.41) is 0. The summed E-state index contributed by atoms with van der Waals surface area (Å²) in [5.41, 5.74) is -1.67. The summed E-state index contributed by atoms with van der Waals surface area (Å²) in [5.74, 6) is -1.83. The van der Waals surface area contributed by atoms with E-state index in [1.165, 1.54) is 14.0 Å². The van der Waals surface area contributed by atoms with Gasteiger partial charge >= 0.3 is 5.69 Å². The monoisotopic (exact) mass is 294 g/mol. The summed E-state index contributed by atoms with van der Waals surface area (Å²) in [7, 11) is 1.22. The molecule has 2 rings (SSSR count). The number of aromatic nitrogens is 2. The van der Waals surface area contributed by atoms with Crippen molar-refractivity contribution in [2.45, 2.75) is 13.5 Å². The van der Waals surface area contributed by atoms with Crippen molar-refractivity contribution in [3.05, 3.63) is 68.0 Å². The van der Waals surface area contributed by atoms with E-state index >= 15 is 0 Å². The summed E-state index contributed by atoms with van der Waals surface area (Å²) in [4.78, 5) is 35.1. The Balaban J connectivity index is 2.60. The van der Waals surface area contributed by atoms with Gasteiger partial charge in [0.1, 0.15) is 11.6 Å². The maximum atomic E-state index is 13.6. The number of carbonyl (C=O) groups is 1. The smallest absolute Gasteiger partial charge is 0.295 e. The lowest BCUT2D eigenvalue weighted by Crippen LogP contribution is -2.40. The lowest BCUT2D eigenvalue weighted by molar-refractivity contribution is 0.101. The van der Waals surface area contributed by atoms with E-state index in [1.807, 2.05) is 0 Å². The third-order valence-corrected chi connectivity index (χ3v) is 3.08. The molecule has 0 amide bonds. The molecule has 2 aromatic rings. The van der Waals surface area contributed by atoms with Gasteiger partial charge < -0.3 is 0 Å². The van der Waals surface area contributed by atoms with E-state index < -0.39 is 28.7 Å². The van der Waals surface area contributed by atoms with E-state index in [-0.39, 0.29) is 17.7 Å². The number of hydrogen-bond donors (Lipinski definition) is 0. The highest BCUT2D eigenvalue weighted by molar-refractivity contribution is 5.93. The molecule has 0 unspecified atom stereocenters. The molecule has 0 aliphatic rings. The number of benzene rings is 1. The Bertz CT molecular complexity index is 837. The Labute approximate surface area is 118 Å². The summed E-state index contributed by atoms with van der Waals surface area (Å²) >= 11 is 0. The number of ketones is 1. The van der Waals surface area contributed by atoms with Crippen molar-refractivity contribution in [1.82, 2.24) is 9.13 Å². The quantitative estimate of drug-likeness (QED) is 0.796. The molecule has 1 aromatic heterocycles. The fourth-order valence-corrected chi connectivity index (χ4v) is 1.93. The highest BCUT2D eigenvalue weighted by atomic mass is 19.1. The van der Waals surface area contributed by atoms with E-state index in [0.717, 1.165) is 33.5 Å². The van der Waals surface area contributed by atoms with Crippen LogP contribution in [0.25, 0.3) is 0 Å². The van der Waals surface area contributed by atoms with Gasteiger partial charge in [0, 0.05) is 18.8 Å². The maximum absolute atomic E-state index is 13.6. The molecular formula is C14H12F2N2O3. The van der Waals surface area contributed by atoms with Crippen LogP contribution in [-0.4, -0.2) is 14.9 Å². The topological polar surface area (TPSA) is 61.1 Å². The van der Waals surface area contributed by atoms with Crippen molar-refractivity contribution < 1.29 is 13.6 Å². The van der Waals surface area contributed by atoms with Crippen LogP contribution in [0.4, 0.5) is 8.78 Å². The third-order valence-electron chi connectivity index (χ3n) is 3.08. The van der Waals surface area contributed by atoms with Crippen LogP contribution in [0.3, 0.4) is 0 Å². The molecule has 7 heteroatoms. The molecule has 5 nitrogen and oxygen atoms in total. The molecule has 0 fully saturated rings. The van der Waals surface area contributed by atoms with Gasteiger partial charge in [-0.25, -0.2) is 13.6 Å². The van der Waals surface area contributed by atoms with Gasteiger partial charge in [-0.3, -0.25) is 18.7 Å². The summed E-state index contributed by atoms with van der Waals surface area (Å²) < 4.78 is 28.5. The summed E-state index contributed by atoms with van der Waals surface area (Å²) in [6.07, 6.45) is 1.07. The zero-order valence-corrected chi connectivity index (χ0v) is 11.4. The first-order valence-electron chi connectivity index (χ1n) is 6.06. The van der Waals surface area contributed by atoms with Crippen molar-refractivity contribution in [3.8, 4) is 0 Å². The van der Waals surface area contributed by atoms with Crippen LogP contribution >= 0.6 is 0 Å². The number of carbonyl (C=O) groups excluding carboxylic acids is 1. The molecule has 1 aromatic carbocycles. The number of nitrogens with zero attached hydrogens (tertiary/aromatic N) is 2. The Kier molecular flexibility index (Phi) is 3.84. The molecule has 0 N–H and O–H groups in total. The molecule has 0 spiro atoms. The van der Waals surface area contributed by atoms with Crippen LogP contribution in [0.5, 0.6) is 0 Å². The minimum absolute atomic E-state index is 0.0507. The Morgan fingerprint density at radius 3 is 2.52 bits per heavy atom. The first-order valence-corrected chi connectivity index (χ1v) is 6.06. The van der Waals surface area contributed by atoms with E-state index in [4.69, 9.17) is 0 Å². The van der Waals surface area contributed by atoms with Crippen LogP contribution in [0.1, 0.15) is 22.8 Å². The SMILES string of the molecule is CC(=O)c1cn(Cc2cc(F)ccc2F)c(=O)n(C)c1=O. The van der Waals surface area contributed by atoms with Crippen LogP contribution < -0.4 is 11.2 Å². The fourth-order valence-electron chi connectivity index (χ4n) is 1.93. The molecule has 21 heavy (non-hydrogen) atoms. The van der Waals surface area contributed by atoms with Crippen LogP contribution in [-0.2, 0) is 13.6 Å². The van der Waals surface area contributed by atoms with Gasteiger partial charge in [0.25, 0.3) is 5.56 Å². The van der Waals surface area contributed by atoms with Gasteiger partial charge in [-0.1, -0.05) is 0 Å². The molecule has 0 atom stereocenters. The number of hydrogen-bond acceptors (Lipinski definition) is 3. The van der Waals surface area contributed by atoms with Gasteiger partial charge in [0.15, 0.2) is 5.78 Å². The number of rotatable bonds is 3. The molecule has 0 radical (unpaired) electrons.